The number of nitrogen functional groups attached to an aromatic ring is 1. The second-order valence-corrected chi connectivity index (χ2v) is 14.3. The Hall–Kier alpha value is -4.86. The lowest BCUT2D eigenvalue weighted by atomic mass is 10.0. The predicted octanol–water partition coefficient (Wildman–Crippen LogP) is 2.35. The molecule has 3 aliphatic heterocycles. The monoisotopic (exact) mass is 841 g/mol. The number of aromatic nitrogens is 4. The molecule has 5 N–H and O–H groups in total. The molecule has 270 valence electrons. The Balaban J connectivity index is 1.01. The summed E-state index contributed by atoms with van der Waals surface area (Å²) in [5, 5.41) is 16.6. The number of carbonyl (C=O) groups excluding carboxylic acids is 5. The fourth-order valence-electron chi connectivity index (χ4n) is 6.31. The molecule has 1 saturated heterocycles. The largest absolute Gasteiger partial charge is 0.454 e. The van der Waals surface area contributed by atoms with Gasteiger partial charge in [0.25, 0.3) is 11.8 Å². The molecule has 5 amide bonds. The number of amides is 5. The molecule has 1 fully saturated rings. The quantitative estimate of drug-likeness (QED) is 0.0914. The Morgan fingerprint density at radius 2 is 1.98 bits per heavy atom. The van der Waals surface area contributed by atoms with E-state index in [1.54, 1.807) is 0 Å². The number of halogens is 1. The first kappa shape index (κ1) is 35.5. The minimum absolute atomic E-state index is 0.00681. The van der Waals surface area contributed by atoms with Gasteiger partial charge in [-0.15, -0.1) is 0 Å². The first-order valence-corrected chi connectivity index (χ1v) is 18.2. The third-order valence-electron chi connectivity index (χ3n) is 8.96. The number of nitrogens with zero attached hydrogens (tertiary/aromatic N) is 6. The van der Waals surface area contributed by atoms with Crippen LogP contribution in [0, 0.1) is 3.57 Å². The van der Waals surface area contributed by atoms with Gasteiger partial charge in [0.05, 0.1) is 16.8 Å². The highest BCUT2D eigenvalue weighted by molar-refractivity contribution is 14.1. The summed E-state index contributed by atoms with van der Waals surface area (Å²) >= 11 is 3.64. The van der Waals surface area contributed by atoms with E-state index >= 15 is 0 Å². The zero-order chi connectivity index (χ0) is 36.7. The Morgan fingerprint density at radius 1 is 1.19 bits per heavy atom. The van der Waals surface area contributed by atoms with Crippen molar-refractivity contribution in [3.63, 3.8) is 0 Å². The lowest BCUT2D eigenvalue weighted by molar-refractivity contribution is -0.136. The molecule has 0 saturated carbocycles. The maximum atomic E-state index is 13.4. The minimum Gasteiger partial charge on any atom is -0.454 e. The molecule has 5 heterocycles. The van der Waals surface area contributed by atoms with Gasteiger partial charge < -0.3 is 30.2 Å². The summed E-state index contributed by atoms with van der Waals surface area (Å²) in [6.45, 7) is 3.27. The summed E-state index contributed by atoms with van der Waals surface area (Å²) < 4.78 is 13.9. The van der Waals surface area contributed by atoms with E-state index in [2.05, 4.69) is 43.2 Å². The number of fused-ring (bicyclic) bond motifs is 3. The number of nitrogens with one attached hydrogen (secondary N) is 2. The number of carbonyl (C=O) groups is 5. The van der Waals surface area contributed by atoms with Gasteiger partial charge in [-0.05, 0) is 66.2 Å². The van der Waals surface area contributed by atoms with Gasteiger partial charge in [0.15, 0.2) is 33.6 Å². The van der Waals surface area contributed by atoms with E-state index in [0.717, 1.165) is 13.4 Å². The Morgan fingerprint density at radius 3 is 2.75 bits per heavy atom. The lowest BCUT2D eigenvalue weighted by Crippen LogP contribution is -2.54. The van der Waals surface area contributed by atoms with E-state index in [9.17, 15) is 29.1 Å². The van der Waals surface area contributed by atoms with Crippen molar-refractivity contribution in [1.82, 2.24) is 34.6 Å². The number of ether oxygens (including phenoxy) is 2. The highest BCUT2D eigenvalue weighted by Crippen LogP contribution is 2.41. The number of rotatable bonds is 12. The molecule has 3 aliphatic rings. The highest BCUT2D eigenvalue weighted by atomic mass is 127. The van der Waals surface area contributed by atoms with Gasteiger partial charge in [0.1, 0.15) is 18.6 Å². The third kappa shape index (κ3) is 6.75. The van der Waals surface area contributed by atoms with Crippen molar-refractivity contribution in [1.29, 1.82) is 0 Å². The van der Waals surface area contributed by atoms with Gasteiger partial charge in [-0.2, -0.15) is 0 Å². The average Bonchev–Trinajstić information content (AvgIpc) is 3.79. The molecule has 2 unspecified atom stereocenters. The van der Waals surface area contributed by atoms with Crippen molar-refractivity contribution < 1.29 is 38.6 Å². The molecular formula is C33H32IN9O8S. The summed E-state index contributed by atoms with van der Waals surface area (Å²) in [5.41, 5.74) is 7.29. The summed E-state index contributed by atoms with van der Waals surface area (Å²) in [7, 11) is 0. The number of imide groups is 2. The van der Waals surface area contributed by atoms with Crippen LogP contribution >= 0.6 is 34.4 Å². The van der Waals surface area contributed by atoms with Crippen LogP contribution in [0.3, 0.4) is 0 Å². The third-order valence-corrected chi connectivity index (χ3v) is 11.3. The van der Waals surface area contributed by atoms with Crippen molar-refractivity contribution in [3.8, 4) is 11.5 Å². The average molecular weight is 842 g/mol. The molecule has 7 rings (SSSR count). The molecule has 19 heteroatoms. The van der Waals surface area contributed by atoms with E-state index in [1.165, 1.54) is 36.3 Å². The first-order chi connectivity index (χ1) is 25.0. The molecule has 2 aromatic heterocycles. The number of hydrogen-bond acceptors (Lipinski definition) is 14. The molecule has 2 aromatic carbocycles. The molecule has 17 nitrogen and oxygen atoms in total. The standard InChI is InChI=1S/C33H32IN9O8S/c1-2-41(10-11-42-29-27(28(35)36-14-37-29)40-33(42)52-22-13-21-20(12-17(22)34)50-15-51-21)25(46)9-8-23(44)38-18-5-3-4-16-26(18)32(49)43(31(16)48)19-6-7-24(45)39-30(19)47/h3-5,12-14,19,25,46H,2,6-11,15H2,1H3,(H,38,44)(H2,35,36,37)(H,39,45,47). The summed E-state index contributed by atoms with van der Waals surface area (Å²) in [6, 6.07) is 7.14. The molecule has 0 spiro atoms. The molecular weight excluding hydrogens is 809 g/mol. The normalized spacial score (nSPS) is 17.2. The van der Waals surface area contributed by atoms with Crippen molar-refractivity contribution in [2.45, 2.75) is 61.5 Å². The van der Waals surface area contributed by atoms with Crippen LogP contribution in [-0.2, 0) is 20.9 Å². The van der Waals surface area contributed by atoms with Gasteiger partial charge in [-0.25, -0.2) is 15.0 Å². The van der Waals surface area contributed by atoms with Gasteiger partial charge in [0, 0.05) is 34.4 Å². The number of aliphatic hydroxyl groups is 1. The SMILES string of the molecule is CCN(CCn1c(Sc2cc3c(cc2I)OCO3)nc2c(N)ncnc21)C(O)CCC(=O)Nc1cccc2c1C(=O)N(C1CCC(=O)NC1=O)C2=O. The van der Waals surface area contributed by atoms with E-state index in [-0.39, 0.29) is 55.1 Å². The molecule has 52 heavy (non-hydrogen) atoms. The fourth-order valence-corrected chi connectivity index (χ4v) is 8.02. The number of piperidine rings is 1. The number of anilines is 2. The van der Waals surface area contributed by atoms with Gasteiger partial charge in [-0.3, -0.25) is 39.1 Å². The molecule has 2 atom stereocenters. The Bertz CT molecular complexity index is 2150. The van der Waals surface area contributed by atoms with Crippen LogP contribution < -0.4 is 25.8 Å². The Kier molecular flexibility index (Phi) is 10.0. The summed E-state index contributed by atoms with van der Waals surface area (Å²) in [6.07, 6.45) is 0.360. The van der Waals surface area contributed by atoms with Crippen LogP contribution in [0.5, 0.6) is 11.5 Å². The summed E-state index contributed by atoms with van der Waals surface area (Å²) in [5.74, 6) is -1.53. The molecule has 0 radical (unpaired) electrons. The predicted molar refractivity (Wildman–Crippen MR) is 193 cm³/mol. The van der Waals surface area contributed by atoms with E-state index < -0.39 is 41.8 Å². The van der Waals surface area contributed by atoms with Crippen molar-refractivity contribution in [3.05, 3.63) is 51.4 Å². The van der Waals surface area contributed by atoms with E-state index in [4.69, 9.17) is 20.2 Å². The number of benzene rings is 2. The fraction of sp³-hybridized carbons (Fsp3) is 0.333. The topological polar surface area (TPSA) is 224 Å². The van der Waals surface area contributed by atoms with Crippen molar-refractivity contribution in [2.75, 3.05) is 30.9 Å². The molecule has 0 bridgehead atoms. The maximum Gasteiger partial charge on any atom is 0.264 e. The second kappa shape index (κ2) is 14.6. The number of aliphatic hydroxyl groups excluding tert-OH is 1. The smallest absolute Gasteiger partial charge is 0.264 e. The number of nitrogens with two attached hydrogens (primary N) is 1. The van der Waals surface area contributed by atoms with Crippen LogP contribution in [0.4, 0.5) is 11.5 Å². The van der Waals surface area contributed by atoms with Crippen LogP contribution in [0.15, 0.2) is 46.7 Å². The Labute approximate surface area is 313 Å². The van der Waals surface area contributed by atoms with Crippen LogP contribution in [0.1, 0.15) is 53.3 Å². The zero-order valence-electron chi connectivity index (χ0n) is 27.6. The second-order valence-electron chi connectivity index (χ2n) is 12.1. The van der Waals surface area contributed by atoms with Crippen LogP contribution in [0.2, 0.25) is 0 Å². The number of imidazole rings is 1. The van der Waals surface area contributed by atoms with Crippen molar-refractivity contribution >= 4 is 86.6 Å². The number of hydrogen-bond donors (Lipinski definition) is 4. The van der Waals surface area contributed by atoms with Gasteiger partial charge in [0.2, 0.25) is 24.5 Å². The molecule has 4 aromatic rings. The lowest BCUT2D eigenvalue weighted by Gasteiger charge is -2.27. The zero-order valence-corrected chi connectivity index (χ0v) is 30.6. The highest BCUT2D eigenvalue weighted by Gasteiger charge is 2.45. The van der Waals surface area contributed by atoms with E-state index in [0.29, 0.717) is 47.5 Å². The van der Waals surface area contributed by atoms with Gasteiger partial charge >= 0.3 is 0 Å². The van der Waals surface area contributed by atoms with Crippen LogP contribution in [-0.4, -0.2) is 96.1 Å². The van der Waals surface area contributed by atoms with Crippen molar-refractivity contribution in [2.24, 2.45) is 0 Å². The van der Waals surface area contributed by atoms with Crippen LogP contribution in [0.25, 0.3) is 11.2 Å². The summed E-state index contributed by atoms with van der Waals surface area (Å²) in [4.78, 5) is 80.6. The van der Waals surface area contributed by atoms with Gasteiger partial charge in [-0.1, -0.05) is 24.8 Å². The first-order valence-electron chi connectivity index (χ1n) is 16.3. The maximum absolute atomic E-state index is 13.4. The number of likely N-dealkylation sites (N-methyl/N-ethyl adjacent to an activating group) is 1. The molecule has 0 aliphatic carbocycles. The minimum atomic E-state index is -1.13. The van der Waals surface area contributed by atoms with E-state index in [1.807, 2.05) is 28.5 Å².